The minimum atomic E-state index is -0.415. The van der Waals surface area contributed by atoms with Crippen molar-refractivity contribution in [2.75, 3.05) is 13.2 Å². The molecular weight excluding hydrogens is 326 g/mol. The monoisotopic (exact) mass is 345 g/mol. The SMILES string of the molecule is O=C(N[C@@H](CO)c1ccc(-c2ccncc2Cl)cc1)[C@@H]1CCCN1. The molecule has 2 aromatic rings. The van der Waals surface area contributed by atoms with Gasteiger partial charge in [0.1, 0.15) is 0 Å². The van der Waals surface area contributed by atoms with Crippen LogP contribution in [0.15, 0.2) is 42.7 Å². The van der Waals surface area contributed by atoms with Crippen LogP contribution in [-0.4, -0.2) is 35.2 Å². The van der Waals surface area contributed by atoms with Gasteiger partial charge >= 0.3 is 0 Å². The molecule has 1 aliphatic heterocycles. The average Bonchev–Trinajstić information content (AvgIpc) is 3.15. The van der Waals surface area contributed by atoms with E-state index in [-0.39, 0.29) is 18.6 Å². The minimum Gasteiger partial charge on any atom is -0.394 e. The lowest BCUT2D eigenvalue weighted by Gasteiger charge is -2.20. The largest absolute Gasteiger partial charge is 0.394 e. The molecular formula is C18H20ClN3O2. The second kappa shape index (κ2) is 7.75. The van der Waals surface area contributed by atoms with E-state index in [4.69, 9.17) is 11.6 Å². The van der Waals surface area contributed by atoms with E-state index in [0.717, 1.165) is 36.1 Å². The Bertz CT molecular complexity index is 700. The van der Waals surface area contributed by atoms with Crippen LogP contribution in [0.1, 0.15) is 24.4 Å². The summed E-state index contributed by atoms with van der Waals surface area (Å²) in [6.45, 7) is 0.719. The highest BCUT2D eigenvalue weighted by Crippen LogP contribution is 2.27. The molecule has 0 bridgehead atoms. The first-order valence-corrected chi connectivity index (χ1v) is 8.41. The number of benzene rings is 1. The van der Waals surface area contributed by atoms with Crippen LogP contribution in [0.5, 0.6) is 0 Å². The van der Waals surface area contributed by atoms with Crippen LogP contribution < -0.4 is 10.6 Å². The van der Waals surface area contributed by atoms with Crippen LogP contribution >= 0.6 is 11.6 Å². The fraction of sp³-hybridized carbons (Fsp3) is 0.333. The molecule has 0 unspecified atom stereocenters. The van der Waals surface area contributed by atoms with Crippen LogP contribution in [-0.2, 0) is 4.79 Å². The van der Waals surface area contributed by atoms with E-state index in [2.05, 4.69) is 15.6 Å². The number of rotatable bonds is 5. The highest BCUT2D eigenvalue weighted by Gasteiger charge is 2.24. The summed E-state index contributed by atoms with van der Waals surface area (Å²) in [7, 11) is 0. The molecule has 3 N–H and O–H groups in total. The van der Waals surface area contributed by atoms with Crippen LogP contribution in [0.4, 0.5) is 0 Å². The van der Waals surface area contributed by atoms with Crippen molar-refractivity contribution >= 4 is 17.5 Å². The van der Waals surface area contributed by atoms with Gasteiger partial charge in [0.05, 0.1) is 23.7 Å². The molecule has 0 spiro atoms. The summed E-state index contributed by atoms with van der Waals surface area (Å²) < 4.78 is 0. The molecule has 5 nitrogen and oxygen atoms in total. The number of aliphatic hydroxyl groups excluding tert-OH is 1. The van der Waals surface area contributed by atoms with Crippen molar-refractivity contribution in [3.8, 4) is 11.1 Å². The van der Waals surface area contributed by atoms with E-state index >= 15 is 0 Å². The molecule has 0 saturated carbocycles. The Morgan fingerprint density at radius 3 is 2.79 bits per heavy atom. The van der Waals surface area contributed by atoms with Crippen molar-refractivity contribution in [2.24, 2.45) is 0 Å². The molecule has 2 atom stereocenters. The molecule has 0 radical (unpaired) electrons. The predicted octanol–water partition coefficient (Wildman–Crippen LogP) is 2.30. The summed E-state index contributed by atoms with van der Waals surface area (Å²) in [6, 6.07) is 8.94. The zero-order valence-electron chi connectivity index (χ0n) is 13.2. The maximum Gasteiger partial charge on any atom is 0.237 e. The fourth-order valence-electron chi connectivity index (χ4n) is 2.92. The number of carbonyl (C=O) groups excluding carboxylic acids is 1. The molecule has 3 rings (SSSR count). The number of pyridine rings is 1. The molecule has 1 fully saturated rings. The van der Waals surface area contributed by atoms with Crippen molar-refractivity contribution in [1.29, 1.82) is 0 Å². The molecule has 1 saturated heterocycles. The topological polar surface area (TPSA) is 74.2 Å². The highest BCUT2D eigenvalue weighted by molar-refractivity contribution is 6.33. The highest BCUT2D eigenvalue weighted by atomic mass is 35.5. The molecule has 6 heteroatoms. The number of nitrogens with zero attached hydrogens (tertiary/aromatic N) is 1. The Kier molecular flexibility index (Phi) is 5.45. The zero-order chi connectivity index (χ0) is 16.9. The van der Waals surface area contributed by atoms with Crippen molar-refractivity contribution in [2.45, 2.75) is 24.9 Å². The number of aliphatic hydroxyl groups is 1. The Labute approximate surface area is 146 Å². The number of halogens is 1. The second-order valence-electron chi connectivity index (χ2n) is 5.87. The summed E-state index contributed by atoms with van der Waals surface area (Å²) in [5, 5.41) is 16.3. The van der Waals surface area contributed by atoms with Gasteiger partial charge in [-0.25, -0.2) is 0 Å². The number of amides is 1. The van der Waals surface area contributed by atoms with E-state index in [0.29, 0.717) is 5.02 Å². The average molecular weight is 346 g/mol. The van der Waals surface area contributed by atoms with E-state index in [1.807, 2.05) is 30.3 Å². The molecule has 2 heterocycles. The molecule has 0 aliphatic carbocycles. The number of aromatic nitrogens is 1. The number of hydrogen-bond acceptors (Lipinski definition) is 4. The first-order valence-electron chi connectivity index (χ1n) is 8.03. The van der Waals surface area contributed by atoms with Crippen molar-refractivity contribution < 1.29 is 9.90 Å². The fourth-order valence-corrected chi connectivity index (χ4v) is 3.15. The first-order chi connectivity index (χ1) is 11.7. The molecule has 24 heavy (non-hydrogen) atoms. The number of hydrogen-bond donors (Lipinski definition) is 3. The summed E-state index contributed by atoms with van der Waals surface area (Å²) in [5.74, 6) is -0.0622. The Morgan fingerprint density at radius 1 is 1.38 bits per heavy atom. The smallest absolute Gasteiger partial charge is 0.237 e. The molecule has 1 aromatic heterocycles. The zero-order valence-corrected chi connectivity index (χ0v) is 14.0. The minimum absolute atomic E-state index is 0.0622. The van der Waals surface area contributed by atoms with Crippen LogP contribution in [0.25, 0.3) is 11.1 Å². The maximum absolute atomic E-state index is 12.2. The Hall–Kier alpha value is -1.95. The standard InChI is InChI=1S/C18H20ClN3O2/c19-15-10-20-9-7-14(15)12-3-5-13(6-4-12)17(11-23)22-18(24)16-2-1-8-21-16/h3-7,9-10,16-17,21,23H,1-2,8,11H2,(H,22,24)/t16-,17-/m0/s1. The van der Waals surface area contributed by atoms with Crippen molar-refractivity contribution in [3.63, 3.8) is 0 Å². The van der Waals surface area contributed by atoms with Gasteiger partial charge in [-0.15, -0.1) is 0 Å². The summed E-state index contributed by atoms with van der Waals surface area (Å²) >= 11 is 6.16. The lowest BCUT2D eigenvalue weighted by Crippen LogP contribution is -2.42. The molecule has 1 amide bonds. The maximum atomic E-state index is 12.2. The normalized spacial score (nSPS) is 18.3. The Morgan fingerprint density at radius 2 is 2.17 bits per heavy atom. The molecule has 1 aliphatic rings. The Balaban J connectivity index is 1.73. The number of carbonyl (C=O) groups is 1. The third-order valence-electron chi connectivity index (χ3n) is 4.27. The summed E-state index contributed by atoms with van der Waals surface area (Å²) in [5.41, 5.74) is 2.72. The lowest BCUT2D eigenvalue weighted by atomic mass is 10.0. The quantitative estimate of drug-likeness (QED) is 0.777. The van der Waals surface area contributed by atoms with Crippen LogP contribution in [0, 0.1) is 0 Å². The summed E-state index contributed by atoms with van der Waals surface area (Å²) in [6.07, 6.45) is 5.14. The van der Waals surface area contributed by atoms with Crippen LogP contribution in [0.3, 0.4) is 0 Å². The van der Waals surface area contributed by atoms with Gasteiger partial charge in [0, 0.05) is 18.0 Å². The van der Waals surface area contributed by atoms with Gasteiger partial charge in [0.2, 0.25) is 5.91 Å². The van der Waals surface area contributed by atoms with Gasteiger partial charge in [0.25, 0.3) is 0 Å². The molecule has 1 aromatic carbocycles. The van der Waals surface area contributed by atoms with Crippen molar-refractivity contribution in [3.05, 3.63) is 53.3 Å². The second-order valence-corrected chi connectivity index (χ2v) is 6.28. The van der Waals surface area contributed by atoms with Gasteiger partial charge in [-0.05, 0) is 36.6 Å². The van der Waals surface area contributed by atoms with E-state index < -0.39 is 6.04 Å². The number of nitrogens with one attached hydrogen (secondary N) is 2. The third-order valence-corrected chi connectivity index (χ3v) is 4.57. The van der Waals surface area contributed by atoms with Gasteiger partial charge in [-0.1, -0.05) is 35.9 Å². The van der Waals surface area contributed by atoms with E-state index in [9.17, 15) is 9.90 Å². The van der Waals surface area contributed by atoms with Crippen molar-refractivity contribution in [1.82, 2.24) is 15.6 Å². The van der Waals surface area contributed by atoms with Gasteiger partial charge in [-0.2, -0.15) is 0 Å². The summed E-state index contributed by atoms with van der Waals surface area (Å²) in [4.78, 5) is 16.2. The van der Waals surface area contributed by atoms with E-state index in [1.165, 1.54) is 0 Å². The van der Waals surface area contributed by atoms with Gasteiger partial charge in [0.15, 0.2) is 0 Å². The lowest BCUT2D eigenvalue weighted by molar-refractivity contribution is -0.123. The van der Waals surface area contributed by atoms with Gasteiger partial charge < -0.3 is 15.7 Å². The van der Waals surface area contributed by atoms with Crippen LogP contribution in [0.2, 0.25) is 5.02 Å². The van der Waals surface area contributed by atoms with Gasteiger partial charge in [-0.3, -0.25) is 9.78 Å². The third kappa shape index (κ3) is 3.75. The predicted molar refractivity (Wildman–Crippen MR) is 93.7 cm³/mol. The molecule has 126 valence electrons. The first kappa shape index (κ1) is 16.9. The van der Waals surface area contributed by atoms with E-state index in [1.54, 1.807) is 12.4 Å².